The molecule has 0 saturated carbocycles. The van der Waals surface area contributed by atoms with Gasteiger partial charge in [0.1, 0.15) is 11.3 Å². The Bertz CT molecular complexity index is 1420. The van der Waals surface area contributed by atoms with Gasteiger partial charge in [-0.2, -0.15) is 0 Å². The summed E-state index contributed by atoms with van der Waals surface area (Å²) in [4.78, 5) is 40.3. The lowest BCUT2D eigenvalue weighted by atomic mass is 10.0. The fourth-order valence-electron chi connectivity index (χ4n) is 4.70. The maximum absolute atomic E-state index is 13.0. The zero-order valence-electron chi connectivity index (χ0n) is 24.4. The summed E-state index contributed by atoms with van der Waals surface area (Å²) in [5.41, 5.74) is 0.734. The van der Waals surface area contributed by atoms with E-state index in [4.69, 9.17) is 9.47 Å². The van der Waals surface area contributed by atoms with Gasteiger partial charge in [0.2, 0.25) is 0 Å². The first-order valence-electron chi connectivity index (χ1n) is 13.7. The second-order valence-electron chi connectivity index (χ2n) is 11.3. The molecule has 2 fully saturated rings. The van der Waals surface area contributed by atoms with Crippen LogP contribution >= 0.6 is 15.9 Å². The van der Waals surface area contributed by atoms with Crippen LogP contribution in [-0.4, -0.2) is 82.3 Å². The number of nitrogens with zero attached hydrogens (tertiary/aromatic N) is 3. The van der Waals surface area contributed by atoms with Crippen LogP contribution in [0.5, 0.6) is 0 Å². The lowest BCUT2D eigenvalue weighted by molar-refractivity contribution is 0.0240. The molecule has 2 amide bonds. The minimum atomic E-state index is -4.29. The molecule has 43 heavy (non-hydrogen) atoms. The molecule has 0 aliphatic carbocycles. The number of sulfonamides is 1. The van der Waals surface area contributed by atoms with Crippen LogP contribution in [0.3, 0.4) is 0 Å². The van der Waals surface area contributed by atoms with Crippen LogP contribution in [0.4, 0.5) is 21.9 Å². The minimum Gasteiger partial charge on any atom is -0.444 e. The van der Waals surface area contributed by atoms with Gasteiger partial charge in [0, 0.05) is 56.1 Å². The van der Waals surface area contributed by atoms with Gasteiger partial charge in [-0.25, -0.2) is 17.9 Å². The Balaban J connectivity index is 0.00000506. The number of amides is 2. The van der Waals surface area contributed by atoms with Gasteiger partial charge in [0.05, 0.1) is 16.1 Å². The number of hydrogen-bond donors (Lipinski definition) is 2. The number of hydrogen-bond acceptors (Lipinski definition) is 10. The molecule has 2 aliphatic heterocycles. The van der Waals surface area contributed by atoms with Gasteiger partial charge >= 0.3 is 6.09 Å². The minimum absolute atomic E-state index is 0. The fraction of sp³-hybridized carbons (Fsp3) is 0.500. The first-order chi connectivity index (χ1) is 19.9. The number of piperazine rings is 1. The number of nitrogens with one attached hydrogen (secondary N) is 2. The van der Waals surface area contributed by atoms with Gasteiger partial charge in [-0.1, -0.05) is 0 Å². The van der Waals surface area contributed by atoms with Gasteiger partial charge in [0.25, 0.3) is 15.9 Å². The third-order valence-electron chi connectivity index (χ3n) is 7.02. The van der Waals surface area contributed by atoms with Gasteiger partial charge in [-0.3, -0.25) is 4.79 Å². The highest BCUT2D eigenvalue weighted by Crippen LogP contribution is 2.30. The second kappa shape index (κ2) is 14.5. The molecule has 0 spiro atoms. The number of halogens is 1. The van der Waals surface area contributed by atoms with E-state index in [0.29, 0.717) is 62.0 Å². The van der Waals surface area contributed by atoms with Gasteiger partial charge in [-0.05, 0) is 97.0 Å². The third-order valence-corrected chi connectivity index (χ3v) is 9.01. The van der Waals surface area contributed by atoms with E-state index in [0.717, 1.165) is 24.6 Å². The van der Waals surface area contributed by atoms with Crippen LogP contribution in [0.25, 0.3) is 0 Å². The summed E-state index contributed by atoms with van der Waals surface area (Å²) in [6, 6.07) is 8.94. The van der Waals surface area contributed by atoms with E-state index >= 15 is 0 Å². The molecule has 2 aromatic carbocycles. The quantitative estimate of drug-likeness (QED) is 0.389. The largest absolute Gasteiger partial charge is 0.444 e. The Morgan fingerprint density at radius 2 is 1.74 bits per heavy atom. The number of benzene rings is 2. The lowest BCUT2D eigenvalue weighted by Gasteiger charge is -2.36. The van der Waals surface area contributed by atoms with Crippen molar-refractivity contribution in [3.05, 3.63) is 51.3 Å². The molecular weight excluding hydrogens is 646 g/mol. The Kier molecular flexibility index (Phi) is 11.5. The van der Waals surface area contributed by atoms with Crippen LogP contribution in [0, 0.1) is 10.8 Å². The van der Waals surface area contributed by atoms with Crippen molar-refractivity contribution in [2.24, 2.45) is 11.1 Å². The lowest BCUT2D eigenvalue weighted by Crippen LogP contribution is -2.50. The van der Waals surface area contributed by atoms with E-state index in [-0.39, 0.29) is 27.7 Å². The SMILES string of the molecule is CC(C)(C)OC(=O)N1CCN(c2ccc(C(=O)NS(=O)(=O)c3ccc(NCC4CCOCC4)c(N=O)c3)c(Br)c2)CC1.O. The van der Waals surface area contributed by atoms with E-state index in [1.807, 2.05) is 20.8 Å². The average Bonchev–Trinajstić information content (AvgIpc) is 2.95. The summed E-state index contributed by atoms with van der Waals surface area (Å²) >= 11 is 3.39. The molecule has 2 aromatic rings. The van der Waals surface area contributed by atoms with Crippen LogP contribution in [0.2, 0.25) is 0 Å². The first kappa shape index (κ1) is 34.2. The molecule has 4 rings (SSSR count). The maximum Gasteiger partial charge on any atom is 0.410 e. The number of nitroso groups, excluding NO2 is 1. The Morgan fingerprint density at radius 3 is 2.35 bits per heavy atom. The summed E-state index contributed by atoms with van der Waals surface area (Å²) in [5.74, 6) is -0.446. The van der Waals surface area contributed by atoms with E-state index < -0.39 is 21.5 Å². The van der Waals surface area contributed by atoms with Crippen molar-refractivity contribution in [3.8, 4) is 0 Å². The normalized spacial score (nSPS) is 16.2. The molecule has 4 N–H and O–H groups in total. The monoisotopic (exact) mass is 683 g/mol. The molecule has 236 valence electrons. The number of rotatable bonds is 8. The molecule has 2 heterocycles. The van der Waals surface area contributed by atoms with Crippen molar-refractivity contribution in [2.75, 3.05) is 56.2 Å². The van der Waals surface area contributed by atoms with Gasteiger partial charge in [0.15, 0.2) is 0 Å². The van der Waals surface area contributed by atoms with Crippen molar-refractivity contribution in [3.63, 3.8) is 0 Å². The maximum atomic E-state index is 13.0. The predicted molar refractivity (Wildman–Crippen MR) is 166 cm³/mol. The first-order valence-corrected chi connectivity index (χ1v) is 16.0. The van der Waals surface area contributed by atoms with Gasteiger partial charge in [-0.15, -0.1) is 4.91 Å². The van der Waals surface area contributed by atoms with E-state index in [9.17, 15) is 22.9 Å². The molecule has 0 aromatic heterocycles. The number of ether oxygens (including phenoxy) is 2. The standard InChI is InChI=1S/C28H36BrN5O7S.H2O/c1-28(2,3)41-27(36)34-12-10-33(11-13-34)20-4-6-22(23(29)16-20)26(35)32-42(38,39)21-5-7-24(25(17-21)31-37)30-18-19-8-14-40-15-9-19;/h4-7,16-17,19,30H,8-15,18H2,1-3H3,(H,32,35);1H2. The highest BCUT2D eigenvalue weighted by atomic mass is 79.9. The molecule has 0 unspecified atom stereocenters. The topological polar surface area (TPSA) is 178 Å². The number of anilines is 2. The summed E-state index contributed by atoms with van der Waals surface area (Å²) in [5, 5.41) is 6.16. The molecule has 0 atom stereocenters. The fourth-order valence-corrected chi connectivity index (χ4v) is 6.24. The van der Waals surface area contributed by atoms with Crippen LogP contribution in [0.15, 0.2) is 50.9 Å². The Morgan fingerprint density at radius 1 is 1.07 bits per heavy atom. The zero-order chi connectivity index (χ0) is 30.5. The van der Waals surface area contributed by atoms with Crippen molar-refractivity contribution in [1.29, 1.82) is 0 Å². The molecule has 13 nitrogen and oxygen atoms in total. The van der Waals surface area contributed by atoms with Crippen molar-refractivity contribution >= 4 is 55.0 Å². The Hall–Kier alpha value is -3.27. The smallest absolute Gasteiger partial charge is 0.410 e. The van der Waals surface area contributed by atoms with E-state index in [1.54, 1.807) is 17.0 Å². The highest BCUT2D eigenvalue weighted by molar-refractivity contribution is 9.10. The summed E-state index contributed by atoms with van der Waals surface area (Å²) in [6.45, 7) is 9.56. The van der Waals surface area contributed by atoms with Crippen molar-refractivity contribution in [2.45, 2.75) is 44.1 Å². The molecule has 15 heteroatoms. The average molecular weight is 685 g/mol. The second-order valence-corrected chi connectivity index (χ2v) is 13.8. The predicted octanol–water partition coefficient (Wildman–Crippen LogP) is 4.04. The van der Waals surface area contributed by atoms with Crippen LogP contribution in [-0.2, 0) is 19.5 Å². The van der Waals surface area contributed by atoms with E-state index in [2.05, 4.69) is 36.0 Å². The molecule has 0 bridgehead atoms. The molecular formula is C28H38BrN5O8S. The van der Waals surface area contributed by atoms with Crippen molar-refractivity contribution in [1.82, 2.24) is 9.62 Å². The van der Waals surface area contributed by atoms with Crippen molar-refractivity contribution < 1.29 is 33.0 Å². The summed E-state index contributed by atoms with van der Waals surface area (Å²) in [7, 11) is -4.29. The summed E-state index contributed by atoms with van der Waals surface area (Å²) < 4.78 is 39.3. The third kappa shape index (κ3) is 9.11. The molecule has 0 radical (unpaired) electrons. The number of carbonyl (C=O) groups is 2. The molecule has 2 saturated heterocycles. The van der Waals surface area contributed by atoms with Gasteiger partial charge < -0.3 is 30.1 Å². The summed E-state index contributed by atoms with van der Waals surface area (Å²) in [6.07, 6.45) is 1.45. The zero-order valence-corrected chi connectivity index (χ0v) is 26.8. The van der Waals surface area contributed by atoms with Crippen LogP contribution in [0.1, 0.15) is 44.0 Å². The highest BCUT2D eigenvalue weighted by Gasteiger charge is 2.27. The van der Waals surface area contributed by atoms with Crippen LogP contribution < -0.4 is 14.9 Å². The van der Waals surface area contributed by atoms with E-state index in [1.165, 1.54) is 18.2 Å². The number of carbonyl (C=O) groups excluding carboxylic acids is 2. The Labute approximate surface area is 259 Å². The molecule has 2 aliphatic rings.